The molecule has 0 unspecified atom stereocenters. The summed E-state index contributed by atoms with van der Waals surface area (Å²) in [6, 6.07) is 8.56. The van der Waals surface area contributed by atoms with E-state index < -0.39 is 16.2 Å². The normalized spacial score (nSPS) is 11.2. The first-order valence-electron chi connectivity index (χ1n) is 5.45. The van der Waals surface area contributed by atoms with Gasteiger partial charge in [-0.1, -0.05) is 18.2 Å². The van der Waals surface area contributed by atoms with Crippen LogP contribution in [0.4, 0.5) is 5.69 Å². The van der Waals surface area contributed by atoms with Crippen LogP contribution < -0.4 is 9.03 Å². The Hall–Kier alpha value is -1.60. The molecule has 1 rings (SSSR count). The van der Waals surface area contributed by atoms with Gasteiger partial charge in [-0.3, -0.25) is 9.10 Å². The Morgan fingerprint density at radius 2 is 1.94 bits per heavy atom. The molecule has 0 amide bonds. The van der Waals surface area contributed by atoms with Crippen molar-refractivity contribution in [2.45, 2.75) is 12.8 Å². The van der Waals surface area contributed by atoms with E-state index in [2.05, 4.69) is 4.72 Å². The second kappa shape index (κ2) is 6.36. The molecule has 7 heteroatoms. The molecule has 0 aliphatic heterocycles. The Morgan fingerprint density at radius 3 is 2.44 bits per heavy atom. The predicted molar refractivity (Wildman–Crippen MR) is 68.6 cm³/mol. The van der Waals surface area contributed by atoms with Crippen molar-refractivity contribution in [2.24, 2.45) is 0 Å². The molecule has 0 aliphatic carbocycles. The van der Waals surface area contributed by atoms with E-state index in [1.807, 2.05) is 0 Å². The molecular weight excluding hydrogens is 256 g/mol. The van der Waals surface area contributed by atoms with Gasteiger partial charge in [-0.2, -0.15) is 8.42 Å². The van der Waals surface area contributed by atoms with Gasteiger partial charge in [0.15, 0.2) is 0 Å². The van der Waals surface area contributed by atoms with E-state index in [0.717, 1.165) is 4.31 Å². The fourth-order valence-corrected chi connectivity index (χ4v) is 2.46. The van der Waals surface area contributed by atoms with Gasteiger partial charge in [0.1, 0.15) is 0 Å². The van der Waals surface area contributed by atoms with Crippen molar-refractivity contribution in [3.8, 4) is 0 Å². The molecule has 0 saturated carbocycles. The Bertz CT molecular complexity index is 487. The van der Waals surface area contributed by atoms with Crippen LogP contribution in [0.3, 0.4) is 0 Å². The molecule has 6 nitrogen and oxygen atoms in total. The number of para-hydroxylation sites is 1. The van der Waals surface area contributed by atoms with Gasteiger partial charge in [-0.05, 0) is 18.6 Å². The molecule has 18 heavy (non-hydrogen) atoms. The number of benzene rings is 1. The van der Waals surface area contributed by atoms with E-state index in [1.54, 1.807) is 30.3 Å². The zero-order valence-electron chi connectivity index (χ0n) is 10.0. The number of carboxylic acid groups (broad SMARTS) is 1. The quantitative estimate of drug-likeness (QED) is 0.769. The summed E-state index contributed by atoms with van der Waals surface area (Å²) >= 11 is 0. The molecule has 0 radical (unpaired) electrons. The summed E-state index contributed by atoms with van der Waals surface area (Å²) in [4.78, 5) is 10.5. The zero-order valence-corrected chi connectivity index (χ0v) is 10.9. The van der Waals surface area contributed by atoms with Gasteiger partial charge >= 0.3 is 16.2 Å². The van der Waals surface area contributed by atoms with Crippen LogP contribution in [0.2, 0.25) is 0 Å². The van der Waals surface area contributed by atoms with Crippen LogP contribution in [-0.4, -0.2) is 33.1 Å². The van der Waals surface area contributed by atoms with Crippen molar-refractivity contribution >= 4 is 21.9 Å². The molecule has 0 atom stereocenters. The number of rotatable bonds is 7. The van der Waals surface area contributed by atoms with Crippen LogP contribution in [0, 0.1) is 0 Å². The first kappa shape index (κ1) is 14.5. The predicted octanol–water partition coefficient (Wildman–Crippen LogP) is 0.822. The summed E-state index contributed by atoms with van der Waals surface area (Å²) in [5.41, 5.74) is 0.511. The third-order valence-corrected chi connectivity index (χ3v) is 3.83. The lowest BCUT2D eigenvalue weighted by molar-refractivity contribution is -0.137. The Labute approximate surface area is 106 Å². The molecule has 0 saturated heterocycles. The SMILES string of the molecule is CNS(=O)(=O)N(CCCC(=O)O)c1ccccc1. The largest absolute Gasteiger partial charge is 0.481 e. The minimum atomic E-state index is -3.62. The van der Waals surface area contributed by atoms with Gasteiger partial charge in [-0.15, -0.1) is 0 Å². The highest BCUT2D eigenvalue weighted by molar-refractivity contribution is 7.90. The molecule has 1 aromatic carbocycles. The zero-order chi connectivity index (χ0) is 13.6. The van der Waals surface area contributed by atoms with E-state index in [9.17, 15) is 13.2 Å². The highest BCUT2D eigenvalue weighted by atomic mass is 32.2. The van der Waals surface area contributed by atoms with Crippen LogP contribution in [-0.2, 0) is 15.0 Å². The van der Waals surface area contributed by atoms with Crippen LogP contribution >= 0.6 is 0 Å². The lowest BCUT2D eigenvalue weighted by Gasteiger charge is -2.23. The number of hydrogen-bond donors (Lipinski definition) is 2. The standard InChI is InChI=1S/C11H16N2O4S/c1-12-18(16,17)13(9-5-8-11(14)15)10-6-3-2-4-7-10/h2-4,6-7,12H,5,8-9H2,1H3,(H,14,15). The van der Waals surface area contributed by atoms with Gasteiger partial charge in [-0.25, -0.2) is 4.72 Å². The Kier molecular flexibility index (Phi) is 5.11. The Morgan fingerprint density at radius 1 is 1.33 bits per heavy atom. The lowest BCUT2D eigenvalue weighted by Crippen LogP contribution is -2.39. The molecule has 0 bridgehead atoms. The third kappa shape index (κ3) is 4.01. The topological polar surface area (TPSA) is 86.7 Å². The van der Waals surface area contributed by atoms with Crippen molar-refractivity contribution in [3.05, 3.63) is 30.3 Å². The first-order chi connectivity index (χ1) is 8.47. The van der Waals surface area contributed by atoms with Gasteiger partial charge in [0.2, 0.25) is 0 Å². The number of carboxylic acids is 1. The summed E-state index contributed by atoms with van der Waals surface area (Å²) in [5.74, 6) is -0.940. The molecule has 0 aromatic heterocycles. The minimum absolute atomic E-state index is 0.0669. The van der Waals surface area contributed by atoms with Gasteiger partial charge in [0.05, 0.1) is 5.69 Å². The number of anilines is 1. The fourth-order valence-electron chi connectivity index (χ4n) is 1.47. The molecule has 0 heterocycles. The fraction of sp³-hybridized carbons (Fsp3) is 0.364. The molecule has 1 aromatic rings. The van der Waals surface area contributed by atoms with E-state index in [4.69, 9.17) is 5.11 Å². The number of aliphatic carboxylic acids is 1. The lowest BCUT2D eigenvalue weighted by atomic mass is 10.3. The maximum Gasteiger partial charge on any atom is 0.303 e. The number of hydrogen-bond acceptors (Lipinski definition) is 3. The summed E-state index contributed by atoms with van der Waals surface area (Å²) in [6.45, 7) is 0.124. The van der Waals surface area contributed by atoms with Gasteiger partial charge < -0.3 is 5.11 Å². The van der Waals surface area contributed by atoms with Crippen LogP contribution in [0.1, 0.15) is 12.8 Å². The summed E-state index contributed by atoms with van der Waals surface area (Å²) in [7, 11) is -2.30. The van der Waals surface area contributed by atoms with Crippen LogP contribution in [0.15, 0.2) is 30.3 Å². The summed E-state index contributed by atoms with van der Waals surface area (Å²) in [6.07, 6.45) is 0.188. The average Bonchev–Trinajstić information content (AvgIpc) is 2.35. The molecule has 0 aliphatic rings. The highest BCUT2D eigenvalue weighted by Gasteiger charge is 2.20. The van der Waals surface area contributed by atoms with Crippen molar-refractivity contribution in [1.82, 2.24) is 4.72 Å². The molecule has 0 fully saturated rings. The molecule has 2 N–H and O–H groups in total. The van der Waals surface area contributed by atoms with E-state index in [-0.39, 0.29) is 19.4 Å². The molecule has 0 spiro atoms. The summed E-state index contributed by atoms with van der Waals surface area (Å²) < 4.78 is 27.1. The van der Waals surface area contributed by atoms with Crippen LogP contribution in [0.25, 0.3) is 0 Å². The number of nitrogens with one attached hydrogen (secondary N) is 1. The monoisotopic (exact) mass is 272 g/mol. The Balaban J connectivity index is 2.87. The van der Waals surface area contributed by atoms with Crippen LogP contribution in [0.5, 0.6) is 0 Å². The van der Waals surface area contributed by atoms with Crippen molar-refractivity contribution in [2.75, 3.05) is 17.9 Å². The van der Waals surface area contributed by atoms with Crippen molar-refractivity contribution in [1.29, 1.82) is 0 Å². The highest BCUT2D eigenvalue weighted by Crippen LogP contribution is 2.17. The van der Waals surface area contributed by atoms with Gasteiger partial charge in [0.25, 0.3) is 0 Å². The first-order valence-corrected chi connectivity index (χ1v) is 6.89. The van der Waals surface area contributed by atoms with E-state index in [1.165, 1.54) is 7.05 Å². The van der Waals surface area contributed by atoms with Gasteiger partial charge in [0, 0.05) is 20.0 Å². The van der Waals surface area contributed by atoms with Crippen molar-refractivity contribution in [3.63, 3.8) is 0 Å². The third-order valence-electron chi connectivity index (χ3n) is 2.34. The second-order valence-corrected chi connectivity index (χ2v) is 5.41. The minimum Gasteiger partial charge on any atom is -0.481 e. The number of carbonyl (C=O) groups is 1. The maximum absolute atomic E-state index is 11.8. The average molecular weight is 272 g/mol. The van der Waals surface area contributed by atoms with E-state index in [0.29, 0.717) is 5.69 Å². The van der Waals surface area contributed by atoms with E-state index >= 15 is 0 Å². The summed E-state index contributed by atoms with van der Waals surface area (Å²) in [5, 5.41) is 8.57. The molecular formula is C11H16N2O4S. The number of nitrogens with zero attached hydrogens (tertiary/aromatic N) is 1. The van der Waals surface area contributed by atoms with Crippen molar-refractivity contribution < 1.29 is 18.3 Å². The smallest absolute Gasteiger partial charge is 0.303 e. The second-order valence-electron chi connectivity index (χ2n) is 3.61. The maximum atomic E-state index is 11.8. The molecule has 100 valence electrons.